The Morgan fingerprint density at radius 3 is 2.41 bits per heavy atom. The van der Waals surface area contributed by atoms with E-state index in [0.717, 1.165) is 0 Å². The number of aromatic amines is 1. The van der Waals surface area contributed by atoms with E-state index in [9.17, 15) is 14.7 Å². The van der Waals surface area contributed by atoms with Crippen molar-refractivity contribution in [3.63, 3.8) is 0 Å². The van der Waals surface area contributed by atoms with E-state index in [1.807, 2.05) is 18.2 Å². The second-order valence-corrected chi connectivity index (χ2v) is 6.04. The minimum Gasteiger partial charge on any atom is -0.479 e. The van der Waals surface area contributed by atoms with Gasteiger partial charge in [-0.15, -0.1) is 0 Å². The summed E-state index contributed by atoms with van der Waals surface area (Å²) >= 11 is 0. The van der Waals surface area contributed by atoms with Crippen LogP contribution in [0.25, 0.3) is 0 Å². The first kappa shape index (κ1) is 18.2. The molecule has 7 heteroatoms. The highest BCUT2D eigenvalue weighted by Crippen LogP contribution is 2.23. The molecule has 0 bridgehead atoms. The highest BCUT2D eigenvalue weighted by atomic mass is 16.5. The first-order chi connectivity index (χ1) is 13.0. The van der Waals surface area contributed by atoms with Crippen molar-refractivity contribution in [3.05, 3.63) is 77.1 Å². The smallest absolute Gasteiger partial charge is 0.331 e. The lowest BCUT2D eigenvalue weighted by molar-refractivity contribution is -0.139. The van der Waals surface area contributed by atoms with Gasteiger partial charge in [-0.1, -0.05) is 24.3 Å². The Morgan fingerprint density at radius 1 is 1.07 bits per heavy atom. The Bertz CT molecular complexity index is 947. The number of H-pyrrole nitrogens is 1. The minimum absolute atomic E-state index is 0.300. The molecule has 3 rings (SSSR count). The number of carboxylic acid groups (broad SMARTS) is 1. The average Bonchev–Trinajstić information content (AvgIpc) is 2.99. The number of amides is 1. The zero-order valence-electron chi connectivity index (χ0n) is 14.9. The summed E-state index contributed by atoms with van der Waals surface area (Å²) in [7, 11) is 0. The summed E-state index contributed by atoms with van der Waals surface area (Å²) in [5, 5.41) is 18.8. The second-order valence-electron chi connectivity index (χ2n) is 6.04. The minimum atomic E-state index is -1.20. The molecule has 1 amide bonds. The standard InChI is InChI=1S/C20H19N3O4/c1-12-17(13(2)23-22-12)18(20(25)26)21-19(24)14-7-6-10-16(11-14)27-15-8-4-3-5-9-15/h3-11,18H,1-2H3,(H,21,24)(H,22,23)(H,25,26). The molecule has 0 saturated carbocycles. The van der Waals surface area contributed by atoms with E-state index in [1.54, 1.807) is 50.2 Å². The maximum absolute atomic E-state index is 12.6. The van der Waals surface area contributed by atoms with Crippen LogP contribution in [-0.4, -0.2) is 27.2 Å². The molecule has 1 atom stereocenters. The average molecular weight is 365 g/mol. The maximum Gasteiger partial charge on any atom is 0.331 e. The van der Waals surface area contributed by atoms with Crippen molar-refractivity contribution >= 4 is 11.9 Å². The number of para-hydroxylation sites is 1. The Balaban J connectivity index is 1.81. The third-order valence-electron chi connectivity index (χ3n) is 4.07. The molecule has 0 radical (unpaired) electrons. The SMILES string of the molecule is Cc1n[nH]c(C)c1C(NC(=O)c1cccc(Oc2ccccc2)c1)C(=O)O. The number of nitrogens with zero attached hydrogens (tertiary/aromatic N) is 1. The monoisotopic (exact) mass is 365 g/mol. The maximum atomic E-state index is 12.6. The molecule has 0 fully saturated rings. The lowest BCUT2D eigenvalue weighted by atomic mass is 10.0. The van der Waals surface area contributed by atoms with Crippen molar-refractivity contribution < 1.29 is 19.4 Å². The first-order valence-electron chi connectivity index (χ1n) is 8.34. The molecule has 3 aromatic rings. The molecule has 138 valence electrons. The predicted octanol–water partition coefficient (Wildman–Crippen LogP) is 3.37. The molecule has 1 aromatic heterocycles. The number of ether oxygens (including phenoxy) is 1. The van der Waals surface area contributed by atoms with Gasteiger partial charge >= 0.3 is 5.97 Å². The molecule has 0 aliphatic rings. The molecule has 0 aliphatic carbocycles. The summed E-state index contributed by atoms with van der Waals surface area (Å²) in [5.74, 6) is -0.548. The summed E-state index contributed by atoms with van der Waals surface area (Å²) in [4.78, 5) is 24.3. The number of benzene rings is 2. The van der Waals surface area contributed by atoms with Crippen molar-refractivity contribution in [2.45, 2.75) is 19.9 Å². The summed E-state index contributed by atoms with van der Waals surface area (Å²) in [5.41, 5.74) is 1.88. The van der Waals surface area contributed by atoms with Crippen LogP contribution >= 0.6 is 0 Å². The van der Waals surface area contributed by atoms with Crippen LogP contribution in [0, 0.1) is 13.8 Å². The summed E-state index contributed by atoms with van der Waals surface area (Å²) in [6, 6.07) is 14.5. The highest BCUT2D eigenvalue weighted by molar-refractivity contribution is 5.97. The summed E-state index contributed by atoms with van der Waals surface area (Å²) in [6.07, 6.45) is 0. The van der Waals surface area contributed by atoms with Gasteiger partial charge in [-0.2, -0.15) is 5.10 Å². The van der Waals surface area contributed by atoms with Crippen LogP contribution in [-0.2, 0) is 4.79 Å². The molecule has 1 unspecified atom stereocenters. The van der Waals surface area contributed by atoms with Gasteiger partial charge in [0, 0.05) is 16.8 Å². The Hall–Kier alpha value is -3.61. The number of hydrogen-bond donors (Lipinski definition) is 3. The fraction of sp³-hybridized carbons (Fsp3) is 0.150. The van der Waals surface area contributed by atoms with Crippen LogP contribution in [0.4, 0.5) is 0 Å². The van der Waals surface area contributed by atoms with Crippen LogP contribution in [0.5, 0.6) is 11.5 Å². The zero-order valence-corrected chi connectivity index (χ0v) is 14.9. The van der Waals surface area contributed by atoms with Gasteiger partial charge in [0.05, 0.1) is 5.69 Å². The normalized spacial score (nSPS) is 11.6. The quantitative estimate of drug-likeness (QED) is 0.621. The molecule has 3 N–H and O–H groups in total. The van der Waals surface area contributed by atoms with E-state index in [0.29, 0.717) is 34.0 Å². The Morgan fingerprint density at radius 2 is 1.78 bits per heavy atom. The van der Waals surface area contributed by atoms with Gasteiger partial charge in [-0.25, -0.2) is 4.79 Å². The van der Waals surface area contributed by atoms with Gasteiger partial charge in [0.25, 0.3) is 5.91 Å². The third kappa shape index (κ3) is 4.14. The number of nitrogens with one attached hydrogen (secondary N) is 2. The molecule has 0 spiro atoms. The van der Waals surface area contributed by atoms with E-state index >= 15 is 0 Å². The molecule has 1 heterocycles. The number of aryl methyl sites for hydroxylation is 2. The number of carboxylic acids is 1. The molecule has 27 heavy (non-hydrogen) atoms. The van der Waals surface area contributed by atoms with Crippen LogP contribution in [0.3, 0.4) is 0 Å². The molecular weight excluding hydrogens is 346 g/mol. The largest absolute Gasteiger partial charge is 0.479 e. The number of carbonyl (C=O) groups excluding carboxylic acids is 1. The lowest BCUT2D eigenvalue weighted by Crippen LogP contribution is -2.34. The number of rotatable bonds is 6. The Labute approximate surface area is 156 Å². The number of aliphatic carboxylic acids is 1. The van der Waals surface area contributed by atoms with Gasteiger partial charge in [0.2, 0.25) is 0 Å². The number of hydrogen-bond acceptors (Lipinski definition) is 4. The van der Waals surface area contributed by atoms with E-state index in [1.165, 1.54) is 0 Å². The van der Waals surface area contributed by atoms with E-state index < -0.39 is 17.9 Å². The third-order valence-corrected chi connectivity index (χ3v) is 4.07. The van der Waals surface area contributed by atoms with Crippen molar-refractivity contribution in [2.24, 2.45) is 0 Å². The topological polar surface area (TPSA) is 104 Å². The van der Waals surface area contributed by atoms with Crippen LogP contribution < -0.4 is 10.1 Å². The summed E-state index contributed by atoms with van der Waals surface area (Å²) < 4.78 is 5.72. The highest BCUT2D eigenvalue weighted by Gasteiger charge is 2.27. The van der Waals surface area contributed by atoms with Crippen LogP contribution in [0.15, 0.2) is 54.6 Å². The van der Waals surface area contributed by atoms with Crippen LogP contribution in [0.1, 0.15) is 33.4 Å². The molecule has 2 aromatic carbocycles. The van der Waals surface area contributed by atoms with Gasteiger partial charge in [-0.05, 0) is 44.2 Å². The van der Waals surface area contributed by atoms with Gasteiger partial charge in [-0.3, -0.25) is 9.89 Å². The van der Waals surface area contributed by atoms with Crippen molar-refractivity contribution in [1.29, 1.82) is 0 Å². The molecular formula is C20H19N3O4. The van der Waals surface area contributed by atoms with Crippen LogP contribution in [0.2, 0.25) is 0 Å². The summed E-state index contributed by atoms with van der Waals surface area (Å²) in [6.45, 7) is 3.40. The molecule has 0 saturated heterocycles. The van der Waals surface area contributed by atoms with Crippen molar-refractivity contribution in [1.82, 2.24) is 15.5 Å². The lowest BCUT2D eigenvalue weighted by Gasteiger charge is -2.15. The fourth-order valence-electron chi connectivity index (χ4n) is 2.78. The van der Waals surface area contributed by atoms with Crippen molar-refractivity contribution in [2.75, 3.05) is 0 Å². The Kier molecular flexibility index (Phi) is 5.21. The number of aromatic nitrogens is 2. The molecule has 7 nitrogen and oxygen atoms in total. The van der Waals surface area contributed by atoms with Crippen molar-refractivity contribution in [3.8, 4) is 11.5 Å². The number of carbonyl (C=O) groups is 2. The van der Waals surface area contributed by atoms with Gasteiger partial charge in [0.1, 0.15) is 11.5 Å². The van der Waals surface area contributed by atoms with E-state index in [-0.39, 0.29) is 0 Å². The molecule has 0 aliphatic heterocycles. The van der Waals surface area contributed by atoms with E-state index in [4.69, 9.17) is 4.74 Å². The zero-order chi connectivity index (χ0) is 19.4. The second kappa shape index (κ2) is 7.74. The van der Waals surface area contributed by atoms with Gasteiger partial charge in [0.15, 0.2) is 6.04 Å². The van der Waals surface area contributed by atoms with Gasteiger partial charge < -0.3 is 15.2 Å². The van der Waals surface area contributed by atoms with E-state index in [2.05, 4.69) is 15.5 Å². The predicted molar refractivity (Wildman–Crippen MR) is 98.9 cm³/mol. The first-order valence-corrected chi connectivity index (χ1v) is 8.34. The fourth-order valence-corrected chi connectivity index (χ4v) is 2.78.